The van der Waals surface area contributed by atoms with Crippen LogP contribution in [0.4, 0.5) is 5.82 Å². The Bertz CT molecular complexity index is 560. The van der Waals surface area contributed by atoms with Crippen molar-refractivity contribution in [3.63, 3.8) is 0 Å². The molecule has 98 valence electrons. The van der Waals surface area contributed by atoms with Crippen LogP contribution in [0.1, 0.15) is 18.9 Å². The molecular formula is C10H14ClN5O2. The van der Waals surface area contributed by atoms with E-state index in [9.17, 15) is 10.2 Å². The molecule has 1 aliphatic carbocycles. The fourth-order valence-corrected chi connectivity index (χ4v) is 2.36. The number of aliphatic hydroxyl groups is 2. The zero-order valence-electron chi connectivity index (χ0n) is 9.47. The summed E-state index contributed by atoms with van der Waals surface area (Å²) in [7, 11) is 0. The van der Waals surface area contributed by atoms with Gasteiger partial charge in [-0.15, -0.1) is 12.4 Å². The Hall–Kier alpha value is -1.44. The van der Waals surface area contributed by atoms with E-state index in [4.69, 9.17) is 5.73 Å². The minimum Gasteiger partial charge on any atom is -0.390 e. The average molecular weight is 272 g/mol. The summed E-state index contributed by atoms with van der Waals surface area (Å²) in [6.07, 6.45) is 2.75. The Labute approximate surface area is 109 Å². The van der Waals surface area contributed by atoms with Crippen molar-refractivity contribution in [2.24, 2.45) is 0 Å². The molecule has 0 aromatic carbocycles. The molecule has 0 spiro atoms. The van der Waals surface area contributed by atoms with Crippen molar-refractivity contribution >= 4 is 29.4 Å². The summed E-state index contributed by atoms with van der Waals surface area (Å²) >= 11 is 0. The van der Waals surface area contributed by atoms with Gasteiger partial charge in [-0.1, -0.05) is 0 Å². The molecule has 2 aromatic heterocycles. The number of fused-ring (bicyclic) bond motifs is 1. The smallest absolute Gasteiger partial charge is 0.165 e. The molecular weight excluding hydrogens is 258 g/mol. The number of hydrogen-bond acceptors (Lipinski definition) is 6. The third kappa shape index (κ3) is 1.80. The van der Waals surface area contributed by atoms with Crippen LogP contribution in [0.2, 0.25) is 0 Å². The van der Waals surface area contributed by atoms with Gasteiger partial charge in [0.1, 0.15) is 17.9 Å². The molecule has 4 N–H and O–H groups in total. The van der Waals surface area contributed by atoms with Crippen LogP contribution in [-0.2, 0) is 0 Å². The number of aliphatic hydroxyl groups excluding tert-OH is 2. The Morgan fingerprint density at radius 2 is 2.00 bits per heavy atom. The maximum atomic E-state index is 9.88. The van der Waals surface area contributed by atoms with Crippen LogP contribution < -0.4 is 5.73 Å². The number of nitrogen functional groups attached to an aromatic ring is 1. The van der Waals surface area contributed by atoms with Crippen molar-refractivity contribution in [2.75, 3.05) is 5.73 Å². The first-order valence-electron chi connectivity index (χ1n) is 5.47. The van der Waals surface area contributed by atoms with Gasteiger partial charge in [-0.05, 0) is 12.8 Å². The highest BCUT2D eigenvalue weighted by atomic mass is 35.5. The van der Waals surface area contributed by atoms with E-state index in [1.54, 1.807) is 10.9 Å². The van der Waals surface area contributed by atoms with E-state index in [1.165, 1.54) is 6.33 Å². The molecule has 18 heavy (non-hydrogen) atoms. The van der Waals surface area contributed by atoms with Crippen LogP contribution in [0.5, 0.6) is 0 Å². The lowest BCUT2D eigenvalue weighted by Gasteiger charge is -2.17. The third-order valence-corrected chi connectivity index (χ3v) is 3.29. The molecule has 2 aromatic rings. The highest BCUT2D eigenvalue weighted by Gasteiger charge is 2.35. The van der Waals surface area contributed by atoms with Gasteiger partial charge in [-0.25, -0.2) is 15.0 Å². The second-order valence-electron chi connectivity index (χ2n) is 4.29. The first-order valence-corrected chi connectivity index (χ1v) is 5.47. The second kappa shape index (κ2) is 4.68. The molecule has 0 amide bonds. The van der Waals surface area contributed by atoms with Gasteiger partial charge >= 0.3 is 0 Å². The van der Waals surface area contributed by atoms with Gasteiger partial charge in [0.2, 0.25) is 0 Å². The van der Waals surface area contributed by atoms with Crippen LogP contribution in [0.15, 0.2) is 12.7 Å². The molecule has 1 fully saturated rings. The number of nitrogens with two attached hydrogens (primary N) is 1. The largest absolute Gasteiger partial charge is 0.390 e. The van der Waals surface area contributed by atoms with Gasteiger partial charge in [0.25, 0.3) is 0 Å². The minimum absolute atomic E-state index is 0. The standard InChI is InChI=1S/C10H13N5O2.ClH/c11-9-7-10(13-3-12-9)15(4-14-7)5-1-2-6(16)8(5)17;/h3-6,8,16-17H,1-2H2,(H2,11,12,13);1H/t5-,6+,8-;/m0./s1. The van der Waals surface area contributed by atoms with Crippen molar-refractivity contribution < 1.29 is 10.2 Å². The third-order valence-electron chi connectivity index (χ3n) is 3.29. The number of halogens is 1. The maximum Gasteiger partial charge on any atom is 0.165 e. The molecule has 0 saturated heterocycles. The molecule has 2 heterocycles. The molecule has 0 radical (unpaired) electrons. The average Bonchev–Trinajstić information content (AvgIpc) is 2.86. The van der Waals surface area contributed by atoms with Crippen molar-refractivity contribution in [2.45, 2.75) is 31.1 Å². The normalized spacial score (nSPS) is 27.3. The van der Waals surface area contributed by atoms with Crippen LogP contribution in [-0.4, -0.2) is 41.9 Å². The lowest BCUT2D eigenvalue weighted by atomic mass is 10.2. The van der Waals surface area contributed by atoms with Crippen LogP contribution in [0, 0.1) is 0 Å². The predicted octanol–water partition coefficient (Wildman–Crippen LogP) is -0.113. The topological polar surface area (TPSA) is 110 Å². The summed E-state index contributed by atoms with van der Waals surface area (Å²) in [6, 6.07) is -0.204. The van der Waals surface area contributed by atoms with Gasteiger partial charge < -0.3 is 20.5 Å². The van der Waals surface area contributed by atoms with Crippen molar-refractivity contribution in [3.05, 3.63) is 12.7 Å². The SMILES string of the molecule is Cl.Nc1ncnc2c1ncn2[C@H]1CC[C@@H](O)[C@H]1O. The molecule has 3 rings (SSSR count). The first kappa shape index (κ1) is 13.0. The number of aromatic nitrogens is 4. The maximum absolute atomic E-state index is 9.88. The van der Waals surface area contributed by atoms with Crippen LogP contribution >= 0.6 is 12.4 Å². The summed E-state index contributed by atoms with van der Waals surface area (Å²) in [6.45, 7) is 0. The molecule has 0 aliphatic heterocycles. The highest BCUT2D eigenvalue weighted by Crippen LogP contribution is 2.32. The first-order chi connectivity index (χ1) is 8.18. The molecule has 0 bridgehead atoms. The van der Waals surface area contributed by atoms with E-state index < -0.39 is 12.2 Å². The number of nitrogens with zero attached hydrogens (tertiary/aromatic N) is 4. The van der Waals surface area contributed by atoms with E-state index in [-0.39, 0.29) is 18.4 Å². The fraction of sp³-hybridized carbons (Fsp3) is 0.500. The van der Waals surface area contributed by atoms with E-state index in [1.807, 2.05) is 0 Å². The monoisotopic (exact) mass is 271 g/mol. The second-order valence-corrected chi connectivity index (χ2v) is 4.29. The molecule has 8 heteroatoms. The summed E-state index contributed by atoms with van der Waals surface area (Å²) in [5.41, 5.74) is 6.81. The van der Waals surface area contributed by atoms with Gasteiger partial charge in [0.05, 0.1) is 18.5 Å². The lowest BCUT2D eigenvalue weighted by molar-refractivity contribution is 0.0241. The number of rotatable bonds is 1. The molecule has 7 nitrogen and oxygen atoms in total. The van der Waals surface area contributed by atoms with Gasteiger partial charge in [0, 0.05) is 0 Å². The number of hydrogen-bond donors (Lipinski definition) is 3. The summed E-state index contributed by atoms with van der Waals surface area (Å²) < 4.78 is 1.76. The Morgan fingerprint density at radius 1 is 1.22 bits per heavy atom. The number of anilines is 1. The van der Waals surface area contributed by atoms with Gasteiger partial charge in [-0.3, -0.25) is 0 Å². The fourth-order valence-electron chi connectivity index (χ4n) is 2.36. The molecule has 0 unspecified atom stereocenters. The molecule has 3 atom stereocenters. The summed E-state index contributed by atoms with van der Waals surface area (Å²) in [4.78, 5) is 12.1. The van der Waals surface area contributed by atoms with Crippen molar-refractivity contribution in [1.29, 1.82) is 0 Å². The quantitative estimate of drug-likeness (QED) is 0.667. The Morgan fingerprint density at radius 3 is 2.67 bits per heavy atom. The Balaban J connectivity index is 0.00000120. The minimum atomic E-state index is -0.788. The van der Waals surface area contributed by atoms with Crippen molar-refractivity contribution in [3.8, 4) is 0 Å². The van der Waals surface area contributed by atoms with Crippen LogP contribution in [0.25, 0.3) is 11.2 Å². The summed E-state index contributed by atoms with van der Waals surface area (Å²) in [5.74, 6) is 0.321. The zero-order valence-corrected chi connectivity index (χ0v) is 10.3. The predicted molar refractivity (Wildman–Crippen MR) is 67.3 cm³/mol. The van der Waals surface area contributed by atoms with E-state index in [0.29, 0.717) is 29.8 Å². The van der Waals surface area contributed by atoms with Gasteiger partial charge in [-0.2, -0.15) is 0 Å². The van der Waals surface area contributed by atoms with E-state index in [0.717, 1.165) is 0 Å². The summed E-state index contributed by atoms with van der Waals surface area (Å²) in [5, 5.41) is 19.4. The van der Waals surface area contributed by atoms with Gasteiger partial charge in [0.15, 0.2) is 11.5 Å². The molecule has 1 aliphatic rings. The lowest BCUT2D eigenvalue weighted by Crippen LogP contribution is -2.26. The highest BCUT2D eigenvalue weighted by molar-refractivity contribution is 5.85. The molecule has 1 saturated carbocycles. The zero-order chi connectivity index (χ0) is 12.0. The Kier molecular flexibility index (Phi) is 3.38. The van der Waals surface area contributed by atoms with E-state index in [2.05, 4.69) is 15.0 Å². The number of imidazole rings is 1. The van der Waals surface area contributed by atoms with E-state index >= 15 is 0 Å². The van der Waals surface area contributed by atoms with Crippen molar-refractivity contribution in [1.82, 2.24) is 19.5 Å². The van der Waals surface area contributed by atoms with Crippen LogP contribution in [0.3, 0.4) is 0 Å².